The number of benzene rings is 1. The Bertz CT molecular complexity index is 785. The zero-order chi connectivity index (χ0) is 19.8. The van der Waals surface area contributed by atoms with Gasteiger partial charge in [0.2, 0.25) is 15.9 Å². The van der Waals surface area contributed by atoms with Crippen molar-refractivity contribution in [1.82, 2.24) is 14.1 Å². The minimum Gasteiger partial charge on any atom is -0.341 e. The number of nitrogens with zero attached hydrogens (tertiary/aromatic N) is 3. The Hall–Kier alpha value is -1.44. The molecule has 6 nitrogen and oxygen atoms in total. The van der Waals surface area contributed by atoms with Crippen molar-refractivity contribution in [2.24, 2.45) is 0 Å². The highest BCUT2D eigenvalue weighted by Gasteiger charge is 2.34. The summed E-state index contributed by atoms with van der Waals surface area (Å²) in [6, 6.07) is 3.66. The van der Waals surface area contributed by atoms with Crippen LogP contribution in [0.3, 0.4) is 0 Å². The average molecular weight is 394 g/mol. The summed E-state index contributed by atoms with van der Waals surface area (Å²) in [5.74, 6) is 0.175. The summed E-state index contributed by atoms with van der Waals surface area (Å²) in [5.41, 5.74) is 2.67. The highest BCUT2D eigenvalue weighted by molar-refractivity contribution is 7.89. The van der Waals surface area contributed by atoms with Crippen LogP contribution < -0.4 is 0 Å². The zero-order valence-corrected chi connectivity index (χ0v) is 17.7. The molecule has 0 spiro atoms. The molecule has 3 rings (SSSR count). The Kier molecular flexibility index (Phi) is 5.93. The summed E-state index contributed by atoms with van der Waals surface area (Å²) in [5, 5.41) is 0. The number of carbonyl (C=O) groups excluding carboxylic acids is 1. The molecule has 0 N–H and O–H groups in total. The molecule has 0 aliphatic carbocycles. The third-order valence-electron chi connectivity index (χ3n) is 5.80. The van der Waals surface area contributed by atoms with Crippen molar-refractivity contribution in [2.75, 3.05) is 39.3 Å². The molecule has 1 aromatic rings. The van der Waals surface area contributed by atoms with Crippen LogP contribution in [0.2, 0.25) is 0 Å². The smallest absolute Gasteiger partial charge is 0.243 e. The van der Waals surface area contributed by atoms with E-state index in [9.17, 15) is 13.2 Å². The van der Waals surface area contributed by atoms with E-state index >= 15 is 0 Å². The van der Waals surface area contributed by atoms with Crippen LogP contribution in [-0.2, 0) is 14.8 Å². The van der Waals surface area contributed by atoms with Gasteiger partial charge in [-0.3, -0.25) is 9.69 Å². The summed E-state index contributed by atoms with van der Waals surface area (Å²) in [6.07, 6.45) is 2.17. The van der Waals surface area contributed by atoms with E-state index in [1.807, 2.05) is 44.7 Å². The van der Waals surface area contributed by atoms with Crippen LogP contribution in [0.5, 0.6) is 0 Å². The molecule has 1 amide bonds. The van der Waals surface area contributed by atoms with Crippen LogP contribution in [0.1, 0.15) is 36.5 Å². The van der Waals surface area contributed by atoms with Gasteiger partial charge in [0.1, 0.15) is 0 Å². The zero-order valence-electron chi connectivity index (χ0n) is 16.9. The molecule has 27 heavy (non-hydrogen) atoms. The van der Waals surface area contributed by atoms with Crippen LogP contribution >= 0.6 is 0 Å². The van der Waals surface area contributed by atoms with Gasteiger partial charge in [0.25, 0.3) is 0 Å². The molecular weight excluding hydrogens is 362 g/mol. The molecule has 0 unspecified atom stereocenters. The lowest BCUT2D eigenvalue weighted by Gasteiger charge is -2.38. The highest BCUT2D eigenvalue weighted by atomic mass is 32.2. The molecule has 7 heteroatoms. The summed E-state index contributed by atoms with van der Waals surface area (Å²) in [6.45, 7) is 11.4. The molecule has 2 aliphatic rings. The number of amides is 1. The first-order valence-corrected chi connectivity index (χ1v) is 11.3. The molecule has 0 radical (unpaired) electrons. The lowest BCUT2D eigenvalue weighted by molar-refractivity contribution is -0.135. The molecule has 2 saturated heterocycles. The maximum absolute atomic E-state index is 13.2. The van der Waals surface area contributed by atoms with Crippen LogP contribution in [0.25, 0.3) is 0 Å². The van der Waals surface area contributed by atoms with Crippen molar-refractivity contribution in [3.63, 3.8) is 0 Å². The third-order valence-corrected chi connectivity index (χ3v) is 8.00. The predicted octanol–water partition coefficient (Wildman–Crippen LogP) is 1.93. The van der Waals surface area contributed by atoms with E-state index in [1.165, 1.54) is 0 Å². The predicted molar refractivity (Wildman–Crippen MR) is 106 cm³/mol. The normalized spacial score (nSPS) is 20.8. The minimum absolute atomic E-state index is 0.175. The number of rotatable bonds is 4. The first-order chi connectivity index (χ1) is 12.7. The van der Waals surface area contributed by atoms with Gasteiger partial charge in [0.05, 0.1) is 10.9 Å². The Morgan fingerprint density at radius 2 is 1.44 bits per heavy atom. The van der Waals surface area contributed by atoms with Gasteiger partial charge in [-0.15, -0.1) is 0 Å². The number of sulfonamides is 1. The summed E-state index contributed by atoms with van der Waals surface area (Å²) < 4.78 is 28.0. The molecular formula is C20H31N3O3S. The summed E-state index contributed by atoms with van der Waals surface area (Å²) in [4.78, 5) is 17.1. The van der Waals surface area contributed by atoms with Gasteiger partial charge in [-0.2, -0.15) is 4.31 Å². The Labute approximate surface area is 163 Å². The molecule has 1 aromatic carbocycles. The Morgan fingerprint density at radius 3 is 1.96 bits per heavy atom. The van der Waals surface area contributed by atoms with E-state index in [2.05, 4.69) is 4.90 Å². The molecule has 1 atom stereocenters. The fourth-order valence-electron chi connectivity index (χ4n) is 4.39. The molecule has 0 bridgehead atoms. The van der Waals surface area contributed by atoms with Crippen LogP contribution in [0.15, 0.2) is 17.0 Å². The first kappa shape index (κ1) is 20.3. The van der Waals surface area contributed by atoms with Crippen molar-refractivity contribution < 1.29 is 13.2 Å². The van der Waals surface area contributed by atoms with E-state index < -0.39 is 10.0 Å². The number of carbonyl (C=O) groups is 1. The minimum atomic E-state index is -3.51. The van der Waals surface area contributed by atoms with E-state index in [4.69, 9.17) is 0 Å². The number of piperazine rings is 1. The van der Waals surface area contributed by atoms with Gasteiger partial charge in [-0.05, 0) is 51.7 Å². The molecule has 2 aliphatic heterocycles. The topological polar surface area (TPSA) is 60.9 Å². The second-order valence-electron chi connectivity index (χ2n) is 7.88. The quantitative estimate of drug-likeness (QED) is 0.784. The first-order valence-electron chi connectivity index (χ1n) is 9.82. The van der Waals surface area contributed by atoms with Gasteiger partial charge < -0.3 is 4.90 Å². The van der Waals surface area contributed by atoms with Gasteiger partial charge in [0.15, 0.2) is 0 Å². The number of hydrogen-bond donors (Lipinski definition) is 0. The van der Waals surface area contributed by atoms with E-state index in [0.717, 1.165) is 42.6 Å². The third kappa shape index (κ3) is 4.05. The summed E-state index contributed by atoms with van der Waals surface area (Å²) >= 11 is 0. The van der Waals surface area contributed by atoms with Gasteiger partial charge in [0, 0.05) is 39.3 Å². The number of likely N-dealkylation sites (tertiary alicyclic amines) is 1. The van der Waals surface area contributed by atoms with Crippen molar-refractivity contribution >= 4 is 15.9 Å². The van der Waals surface area contributed by atoms with Crippen molar-refractivity contribution in [3.8, 4) is 0 Å². The highest BCUT2D eigenvalue weighted by Crippen LogP contribution is 2.26. The van der Waals surface area contributed by atoms with Crippen molar-refractivity contribution in [3.05, 3.63) is 28.8 Å². The fraction of sp³-hybridized carbons (Fsp3) is 0.650. The van der Waals surface area contributed by atoms with Gasteiger partial charge in [-0.1, -0.05) is 17.7 Å². The molecule has 0 saturated carbocycles. The lowest BCUT2D eigenvalue weighted by atomic mass is 10.1. The average Bonchev–Trinajstić information content (AvgIpc) is 3.14. The maximum atomic E-state index is 13.2. The standard InChI is InChI=1S/C20H31N3O3S/c1-15-13-16(2)19(17(3)14-15)27(25,26)23-11-9-21(10-12-23)18(4)20(24)22-7-5-6-8-22/h13-14,18H,5-12H2,1-4H3/t18-/m0/s1. The Morgan fingerprint density at radius 1 is 0.926 bits per heavy atom. The van der Waals surface area contributed by atoms with E-state index in [1.54, 1.807) is 4.31 Å². The molecule has 0 aromatic heterocycles. The summed E-state index contributed by atoms with van der Waals surface area (Å²) in [7, 11) is -3.51. The van der Waals surface area contributed by atoms with Crippen molar-refractivity contribution in [1.29, 1.82) is 0 Å². The SMILES string of the molecule is Cc1cc(C)c(S(=O)(=O)N2CCN([C@@H](C)C(=O)N3CCCC3)CC2)c(C)c1. The number of hydrogen-bond acceptors (Lipinski definition) is 4. The second-order valence-corrected chi connectivity index (χ2v) is 9.75. The van der Waals surface area contributed by atoms with Crippen LogP contribution in [0, 0.1) is 20.8 Å². The fourth-order valence-corrected chi connectivity index (χ4v) is 6.23. The lowest BCUT2D eigenvalue weighted by Crippen LogP contribution is -2.55. The Balaban J connectivity index is 1.69. The van der Waals surface area contributed by atoms with Gasteiger partial charge in [-0.25, -0.2) is 8.42 Å². The van der Waals surface area contributed by atoms with Crippen LogP contribution in [0.4, 0.5) is 0 Å². The van der Waals surface area contributed by atoms with Crippen LogP contribution in [-0.4, -0.2) is 73.7 Å². The molecule has 2 heterocycles. The monoisotopic (exact) mass is 393 g/mol. The number of aryl methyl sites for hydroxylation is 3. The molecule has 150 valence electrons. The second kappa shape index (κ2) is 7.89. The van der Waals surface area contributed by atoms with Gasteiger partial charge >= 0.3 is 0 Å². The van der Waals surface area contributed by atoms with E-state index in [0.29, 0.717) is 31.1 Å². The van der Waals surface area contributed by atoms with E-state index in [-0.39, 0.29) is 11.9 Å². The molecule has 2 fully saturated rings. The largest absolute Gasteiger partial charge is 0.341 e. The maximum Gasteiger partial charge on any atom is 0.243 e. The van der Waals surface area contributed by atoms with Crippen molar-refractivity contribution in [2.45, 2.75) is 51.5 Å².